The Morgan fingerprint density at radius 3 is 2.74 bits per heavy atom. The smallest absolute Gasteiger partial charge is 0.238 e. The van der Waals surface area contributed by atoms with Gasteiger partial charge in [0.05, 0.1) is 17.1 Å². The first kappa shape index (κ1) is 13.4. The van der Waals surface area contributed by atoms with E-state index in [0.29, 0.717) is 5.82 Å². The summed E-state index contributed by atoms with van der Waals surface area (Å²) in [5.41, 5.74) is 0.153. The Morgan fingerprint density at radius 1 is 1.47 bits per heavy atom. The first-order valence-electron chi connectivity index (χ1n) is 5.27. The van der Waals surface area contributed by atoms with Crippen molar-refractivity contribution in [1.82, 2.24) is 14.8 Å². The fourth-order valence-electron chi connectivity index (χ4n) is 1.46. The van der Waals surface area contributed by atoms with Gasteiger partial charge in [-0.3, -0.25) is 4.68 Å². The molecule has 3 N–H and O–H groups in total. The third kappa shape index (κ3) is 3.26. The Labute approximate surface area is 109 Å². The number of rotatable bonds is 4. The van der Waals surface area contributed by atoms with Gasteiger partial charge < -0.3 is 5.32 Å². The predicted molar refractivity (Wildman–Crippen MR) is 66.1 cm³/mol. The molecule has 0 bridgehead atoms. The number of halogens is 1. The number of sulfonamides is 1. The van der Waals surface area contributed by atoms with Crippen molar-refractivity contribution < 1.29 is 12.8 Å². The fourth-order valence-corrected chi connectivity index (χ4v) is 1.98. The second kappa shape index (κ2) is 4.94. The molecule has 0 unspecified atom stereocenters. The Hall–Kier alpha value is -2.00. The summed E-state index contributed by atoms with van der Waals surface area (Å²) in [5.74, 6) is -0.208. The zero-order chi connectivity index (χ0) is 14.0. The van der Waals surface area contributed by atoms with Gasteiger partial charge in [0.15, 0.2) is 5.82 Å². The molecular formula is C10H12FN5O2S. The monoisotopic (exact) mass is 285 g/mol. The van der Waals surface area contributed by atoms with Gasteiger partial charge in [0.25, 0.3) is 0 Å². The molecule has 2 aromatic rings. The largest absolute Gasteiger partial charge is 0.375 e. The average molecular weight is 285 g/mol. The summed E-state index contributed by atoms with van der Waals surface area (Å²) < 4.78 is 37.3. The van der Waals surface area contributed by atoms with Crippen molar-refractivity contribution in [2.45, 2.75) is 11.4 Å². The van der Waals surface area contributed by atoms with Gasteiger partial charge in [-0.15, -0.1) is 0 Å². The van der Waals surface area contributed by atoms with Gasteiger partial charge in [0, 0.05) is 7.05 Å². The van der Waals surface area contributed by atoms with E-state index >= 15 is 0 Å². The van der Waals surface area contributed by atoms with E-state index in [9.17, 15) is 12.8 Å². The first-order chi connectivity index (χ1) is 8.86. The van der Waals surface area contributed by atoms with Crippen LogP contribution in [0.2, 0.25) is 0 Å². The quantitative estimate of drug-likeness (QED) is 0.836. The van der Waals surface area contributed by atoms with Crippen molar-refractivity contribution in [2.24, 2.45) is 12.2 Å². The number of anilines is 1. The molecule has 0 aliphatic heterocycles. The van der Waals surface area contributed by atoms with Crippen molar-refractivity contribution in [1.29, 1.82) is 0 Å². The molecule has 19 heavy (non-hydrogen) atoms. The number of aryl methyl sites for hydroxylation is 1. The summed E-state index contributed by atoms with van der Waals surface area (Å²) in [4.78, 5) is 3.70. The number of nitrogens with one attached hydrogen (secondary N) is 1. The molecule has 0 atom stereocenters. The van der Waals surface area contributed by atoms with Crippen molar-refractivity contribution in [3.63, 3.8) is 0 Å². The first-order valence-corrected chi connectivity index (χ1v) is 6.81. The second-order valence-corrected chi connectivity index (χ2v) is 5.44. The average Bonchev–Trinajstić information content (AvgIpc) is 2.72. The van der Waals surface area contributed by atoms with E-state index in [2.05, 4.69) is 15.4 Å². The molecule has 0 radical (unpaired) electrons. The van der Waals surface area contributed by atoms with Gasteiger partial charge in [-0.2, -0.15) is 5.10 Å². The van der Waals surface area contributed by atoms with Crippen LogP contribution in [0.5, 0.6) is 0 Å². The zero-order valence-corrected chi connectivity index (χ0v) is 10.9. The van der Waals surface area contributed by atoms with Crippen LogP contribution in [0.15, 0.2) is 29.4 Å². The Kier molecular flexibility index (Phi) is 3.49. The number of hydrogen-bond acceptors (Lipinski definition) is 5. The minimum Gasteiger partial charge on any atom is -0.375 e. The maximum Gasteiger partial charge on any atom is 0.238 e. The number of aromatic nitrogens is 3. The topological polar surface area (TPSA) is 103 Å². The van der Waals surface area contributed by atoms with Crippen LogP contribution in [-0.2, 0) is 23.6 Å². The van der Waals surface area contributed by atoms with Gasteiger partial charge in [-0.1, -0.05) is 0 Å². The highest BCUT2D eigenvalue weighted by Gasteiger charge is 2.11. The summed E-state index contributed by atoms with van der Waals surface area (Å²) in [7, 11) is -2.18. The van der Waals surface area contributed by atoms with Crippen molar-refractivity contribution in [3.05, 3.63) is 36.2 Å². The van der Waals surface area contributed by atoms with Crippen LogP contribution in [0.3, 0.4) is 0 Å². The minimum atomic E-state index is -3.90. The third-order valence-electron chi connectivity index (χ3n) is 2.35. The highest BCUT2D eigenvalue weighted by Crippen LogP contribution is 2.18. The van der Waals surface area contributed by atoms with Crippen LogP contribution in [0, 0.1) is 5.82 Å². The third-order valence-corrected chi connectivity index (χ3v) is 3.26. The predicted octanol–water partition coefficient (Wildman–Crippen LogP) is 0.214. The van der Waals surface area contributed by atoms with Crippen LogP contribution >= 0.6 is 0 Å². The molecule has 0 fully saturated rings. The molecule has 7 nitrogen and oxygen atoms in total. The zero-order valence-electron chi connectivity index (χ0n) is 10.0. The van der Waals surface area contributed by atoms with E-state index in [0.717, 1.165) is 6.07 Å². The lowest BCUT2D eigenvalue weighted by Gasteiger charge is -2.06. The van der Waals surface area contributed by atoms with Gasteiger partial charge in [0.1, 0.15) is 12.1 Å². The van der Waals surface area contributed by atoms with Crippen LogP contribution in [-0.4, -0.2) is 23.2 Å². The standard InChI is InChI=1S/C10H12FN5O2S/c1-16-6-14-10(15-16)5-13-9-3-2-7(4-8(9)11)19(12,17)18/h2-4,6,13H,5H2,1H3,(H2,12,17,18). The number of nitrogens with two attached hydrogens (primary N) is 1. The number of primary sulfonamides is 1. The lowest BCUT2D eigenvalue weighted by molar-refractivity contribution is 0.592. The van der Waals surface area contributed by atoms with Crippen molar-refractivity contribution in [3.8, 4) is 0 Å². The molecule has 1 aromatic heterocycles. The van der Waals surface area contributed by atoms with Gasteiger partial charge in [0.2, 0.25) is 10.0 Å². The molecule has 2 rings (SSSR count). The Bertz CT molecular complexity index is 698. The lowest BCUT2D eigenvalue weighted by atomic mass is 10.3. The van der Waals surface area contributed by atoms with E-state index in [4.69, 9.17) is 5.14 Å². The molecule has 0 aliphatic carbocycles. The van der Waals surface area contributed by atoms with Gasteiger partial charge in [-0.25, -0.2) is 22.9 Å². The summed E-state index contributed by atoms with van der Waals surface area (Å²) in [6.07, 6.45) is 1.53. The highest BCUT2D eigenvalue weighted by molar-refractivity contribution is 7.89. The van der Waals surface area contributed by atoms with Crippen LogP contribution in [0.1, 0.15) is 5.82 Å². The molecule has 0 saturated heterocycles. The SMILES string of the molecule is Cn1cnc(CNc2ccc(S(N)(=O)=O)cc2F)n1. The van der Waals surface area contributed by atoms with E-state index in [1.165, 1.54) is 23.1 Å². The number of nitrogens with zero attached hydrogens (tertiary/aromatic N) is 3. The summed E-state index contributed by atoms with van der Waals surface area (Å²) in [5, 5.41) is 11.7. The summed E-state index contributed by atoms with van der Waals surface area (Å²) in [6, 6.07) is 3.40. The van der Waals surface area contributed by atoms with E-state index in [-0.39, 0.29) is 17.1 Å². The molecule has 102 valence electrons. The molecule has 1 aromatic carbocycles. The maximum absolute atomic E-state index is 13.7. The number of hydrogen-bond donors (Lipinski definition) is 2. The van der Waals surface area contributed by atoms with E-state index < -0.39 is 15.8 Å². The minimum absolute atomic E-state index is 0.153. The molecule has 0 saturated carbocycles. The van der Waals surface area contributed by atoms with E-state index in [1.54, 1.807) is 7.05 Å². The lowest BCUT2D eigenvalue weighted by Crippen LogP contribution is -2.13. The van der Waals surface area contributed by atoms with Crippen molar-refractivity contribution >= 4 is 15.7 Å². The van der Waals surface area contributed by atoms with Gasteiger partial charge in [-0.05, 0) is 18.2 Å². The van der Waals surface area contributed by atoms with Gasteiger partial charge >= 0.3 is 0 Å². The molecular weight excluding hydrogens is 273 g/mol. The Balaban J connectivity index is 2.14. The highest BCUT2D eigenvalue weighted by atomic mass is 32.2. The number of benzene rings is 1. The summed E-state index contributed by atoms with van der Waals surface area (Å²) >= 11 is 0. The second-order valence-electron chi connectivity index (χ2n) is 3.87. The molecule has 1 heterocycles. The van der Waals surface area contributed by atoms with Crippen molar-refractivity contribution in [2.75, 3.05) is 5.32 Å². The summed E-state index contributed by atoms with van der Waals surface area (Å²) in [6.45, 7) is 0.229. The van der Waals surface area contributed by atoms with Crippen LogP contribution in [0.25, 0.3) is 0 Å². The molecule has 0 amide bonds. The Morgan fingerprint density at radius 2 is 2.21 bits per heavy atom. The normalized spacial score (nSPS) is 11.5. The van der Waals surface area contributed by atoms with E-state index in [1.807, 2.05) is 0 Å². The molecule has 0 spiro atoms. The fraction of sp³-hybridized carbons (Fsp3) is 0.200. The van der Waals surface area contributed by atoms with Crippen LogP contribution in [0.4, 0.5) is 10.1 Å². The maximum atomic E-state index is 13.7. The molecule has 0 aliphatic rings. The van der Waals surface area contributed by atoms with Crippen LogP contribution < -0.4 is 10.5 Å². The molecule has 9 heteroatoms.